The molecule has 1 aromatic carbocycles. The monoisotopic (exact) mass is 360 g/mol. The standard InChI is InChI=1S/C15H13BrN4O2/c1-2-22-14(21)10-6-8-11(9-7-10)17-15-18-13-5-3-4-12(16)20(13)19-15/h3-9H,2H2,1H3,(H,17,19). The number of hydrogen-bond acceptors (Lipinski definition) is 5. The molecule has 0 saturated carbocycles. The molecule has 0 spiro atoms. The highest BCUT2D eigenvalue weighted by molar-refractivity contribution is 9.10. The molecule has 0 unspecified atom stereocenters. The fourth-order valence-corrected chi connectivity index (χ4v) is 2.37. The van der Waals surface area contributed by atoms with Crippen LogP contribution in [0.4, 0.5) is 11.6 Å². The van der Waals surface area contributed by atoms with E-state index < -0.39 is 0 Å². The summed E-state index contributed by atoms with van der Waals surface area (Å²) in [4.78, 5) is 16.0. The molecule has 0 aliphatic rings. The van der Waals surface area contributed by atoms with E-state index >= 15 is 0 Å². The molecule has 112 valence electrons. The number of rotatable bonds is 4. The normalized spacial score (nSPS) is 10.6. The number of esters is 1. The van der Waals surface area contributed by atoms with E-state index in [9.17, 15) is 4.79 Å². The molecule has 0 aliphatic carbocycles. The Morgan fingerprint density at radius 2 is 2.05 bits per heavy atom. The van der Waals surface area contributed by atoms with Crippen LogP contribution in [-0.4, -0.2) is 27.2 Å². The van der Waals surface area contributed by atoms with Crippen LogP contribution in [0.15, 0.2) is 47.1 Å². The molecule has 7 heteroatoms. The molecule has 3 aromatic rings. The Morgan fingerprint density at radius 1 is 1.27 bits per heavy atom. The quantitative estimate of drug-likeness (QED) is 0.570. The molecule has 1 N–H and O–H groups in total. The van der Waals surface area contributed by atoms with Crippen LogP contribution in [0.5, 0.6) is 0 Å². The van der Waals surface area contributed by atoms with Crippen LogP contribution in [-0.2, 0) is 4.74 Å². The van der Waals surface area contributed by atoms with E-state index in [1.807, 2.05) is 18.2 Å². The maximum atomic E-state index is 11.6. The van der Waals surface area contributed by atoms with Crippen LogP contribution in [0.3, 0.4) is 0 Å². The smallest absolute Gasteiger partial charge is 0.338 e. The largest absolute Gasteiger partial charge is 0.462 e. The number of anilines is 2. The van der Waals surface area contributed by atoms with Crippen molar-refractivity contribution in [2.45, 2.75) is 6.92 Å². The number of benzene rings is 1. The lowest BCUT2D eigenvalue weighted by atomic mass is 10.2. The molecule has 0 fully saturated rings. The maximum Gasteiger partial charge on any atom is 0.338 e. The Bertz CT molecular complexity index is 814. The Labute approximate surface area is 135 Å². The molecule has 0 atom stereocenters. The van der Waals surface area contributed by atoms with E-state index in [4.69, 9.17) is 4.74 Å². The average Bonchev–Trinajstić information content (AvgIpc) is 2.92. The van der Waals surface area contributed by atoms with Crippen molar-refractivity contribution in [3.8, 4) is 0 Å². The lowest BCUT2D eigenvalue weighted by Gasteiger charge is -2.04. The maximum absolute atomic E-state index is 11.6. The minimum Gasteiger partial charge on any atom is -0.462 e. The average molecular weight is 361 g/mol. The van der Waals surface area contributed by atoms with Gasteiger partial charge in [0.05, 0.1) is 12.2 Å². The molecule has 2 aromatic heterocycles. The first-order valence-electron chi connectivity index (χ1n) is 6.73. The number of fused-ring (bicyclic) bond motifs is 1. The second-order valence-corrected chi connectivity index (χ2v) is 5.29. The van der Waals surface area contributed by atoms with E-state index in [-0.39, 0.29) is 5.97 Å². The molecule has 0 saturated heterocycles. The summed E-state index contributed by atoms with van der Waals surface area (Å²) >= 11 is 3.42. The molecular formula is C15H13BrN4O2. The second kappa shape index (κ2) is 6.15. The number of carbonyl (C=O) groups excluding carboxylic acids is 1. The zero-order chi connectivity index (χ0) is 15.5. The fraction of sp³-hybridized carbons (Fsp3) is 0.133. The minimum atomic E-state index is -0.330. The topological polar surface area (TPSA) is 68.5 Å². The van der Waals surface area contributed by atoms with Gasteiger partial charge in [-0.1, -0.05) is 6.07 Å². The summed E-state index contributed by atoms with van der Waals surface area (Å²) in [5, 5.41) is 7.45. The van der Waals surface area contributed by atoms with Gasteiger partial charge >= 0.3 is 5.97 Å². The minimum absolute atomic E-state index is 0.330. The summed E-state index contributed by atoms with van der Waals surface area (Å²) in [6.07, 6.45) is 0. The Kier molecular flexibility index (Phi) is 4.06. The first kappa shape index (κ1) is 14.5. The summed E-state index contributed by atoms with van der Waals surface area (Å²) in [5.41, 5.74) is 2.04. The molecule has 0 aliphatic heterocycles. The fourth-order valence-electron chi connectivity index (χ4n) is 1.96. The zero-order valence-electron chi connectivity index (χ0n) is 11.8. The summed E-state index contributed by atoms with van der Waals surface area (Å²) in [5.74, 6) is 0.152. The van der Waals surface area contributed by atoms with Gasteiger partial charge in [-0.3, -0.25) is 0 Å². The van der Waals surface area contributed by atoms with Crippen LogP contribution in [0.25, 0.3) is 5.65 Å². The van der Waals surface area contributed by atoms with Crippen LogP contribution < -0.4 is 5.32 Å². The Morgan fingerprint density at radius 3 is 2.73 bits per heavy atom. The van der Waals surface area contributed by atoms with Gasteiger partial charge in [-0.2, -0.15) is 4.98 Å². The predicted molar refractivity (Wildman–Crippen MR) is 86.4 cm³/mol. The summed E-state index contributed by atoms with van der Waals surface area (Å²) in [6, 6.07) is 12.6. The van der Waals surface area contributed by atoms with Crippen LogP contribution in [0, 0.1) is 0 Å². The first-order valence-corrected chi connectivity index (χ1v) is 7.52. The number of halogens is 1. The van der Waals surface area contributed by atoms with Gasteiger partial charge in [-0.25, -0.2) is 9.31 Å². The van der Waals surface area contributed by atoms with Crippen molar-refractivity contribution >= 4 is 39.2 Å². The van der Waals surface area contributed by atoms with Crippen LogP contribution in [0.2, 0.25) is 0 Å². The number of ether oxygens (including phenoxy) is 1. The zero-order valence-corrected chi connectivity index (χ0v) is 13.4. The summed E-state index contributed by atoms with van der Waals surface area (Å²) in [7, 11) is 0. The predicted octanol–water partition coefficient (Wildman–Crippen LogP) is 3.41. The molecule has 6 nitrogen and oxygen atoms in total. The van der Waals surface area contributed by atoms with Gasteiger partial charge in [-0.05, 0) is 59.3 Å². The van der Waals surface area contributed by atoms with E-state index in [0.29, 0.717) is 18.1 Å². The van der Waals surface area contributed by atoms with Crippen molar-refractivity contribution < 1.29 is 9.53 Å². The third kappa shape index (κ3) is 2.94. The molecule has 0 amide bonds. The van der Waals surface area contributed by atoms with Gasteiger partial charge in [0.25, 0.3) is 0 Å². The van der Waals surface area contributed by atoms with Crippen molar-refractivity contribution in [3.63, 3.8) is 0 Å². The van der Waals surface area contributed by atoms with Gasteiger partial charge in [0, 0.05) is 5.69 Å². The number of pyridine rings is 1. The van der Waals surface area contributed by atoms with Crippen molar-refractivity contribution in [2.24, 2.45) is 0 Å². The molecular weight excluding hydrogens is 348 g/mol. The molecule has 0 bridgehead atoms. The van der Waals surface area contributed by atoms with Crippen LogP contribution in [0.1, 0.15) is 17.3 Å². The highest BCUT2D eigenvalue weighted by Gasteiger charge is 2.08. The highest BCUT2D eigenvalue weighted by atomic mass is 79.9. The van der Waals surface area contributed by atoms with Gasteiger partial charge in [-0.15, -0.1) is 5.10 Å². The van der Waals surface area contributed by atoms with E-state index in [0.717, 1.165) is 15.9 Å². The SMILES string of the molecule is CCOC(=O)c1ccc(Nc2nc3cccc(Br)n3n2)cc1. The number of nitrogens with one attached hydrogen (secondary N) is 1. The third-order valence-electron chi connectivity index (χ3n) is 2.97. The van der Waals surface area contributed by atoms with E-state index in [2.05, 4.69) is 31.3 Å². The number of hydrogen-bond donors (Lipinski definition) is 1. The lowest BCUT2D eigenvalue weighted by Crippen LogP contribution is -2.04. The Hall–Kier alpha value is -2.41. The third-order valence-corrected chi connectivity index (χ3v) is 3.57. The molecule has 3 rings (SSSR count). The van der Waals surface area contributed by atoms with Crippen molar-refractivity contribution in [1.82, 2.24) is 14.6 Å². The Balaban J connectivity index is 1.80. The second-order valence-electron chi connectivity index (χ2n) is 4.48. The summed E-state index contributed by atoms with van der Waals surface area (Å²) < 4.78 is 7.46. The molecule has 0 radical (unpaired) electrons. The van der Waals surface area contributed by atoms with Crippen molar-refractivity contribution in [2.75, 3.05) is 11.9 Å². The lowest BCUT2D eigenvalue weighted by molar-refractivity contribution is 0.0526. The van der Waals surface area contributed by atoms with Gasteiger partial charge < -0.3 is 10.1 Å². The van der Waals surface area contributed by atoms with Crippen LogP contribution >= 0.6 is 15.9 Å². The van der Waals surface area contributed by atoms with Crippen molar-refractivity contribution in [3.05, 3.63) is 52.6 Å². The summed E-state index contributed by atoms with van der Waals surface area (Å²) in [6.45, 7) is 2.14. The number of nitrogens with zero attached hydrogens (tertiary/aromatic N) is 3. The molecule has 22 heavy (non-hydrogen) atoms. The van der Waals surface area contributed by atoms with Gasteiger partial charge in [0.1, 0.15) is 4.60 Å². The van der Waals surface area contributed by atoms with E-state index in [1.165, 1.54) is 0 Å². The van der Waals surface area contributed by atoms with Gasteiger partial charge in [0.15, 0.2) is 5.65 Å². The number of carbonyl (C=O) groups is 1. The highest BCUT2D eigenvalue weighted by Crippen LogP contribution is 2.18. The number of aromatic nitrogens is 3. The first-order chi connectivity index (χ1) is 10.7. The molecule has 2 heterocycles. The van der Waals surface area contributed by atoms with Crippen molar-refractivity contribution in [1.29, 1.82) is 0 Å². The van der Waals surface area contributed by atoms with Gasteiger partial charge in [0.2, 0.25) is 5.95 Å². The van der Waals surface area contributed by atoms with E-state index in [1.54, 1.807) is 35.7 Å².